The molecule has 20 heteroatoms. The minimum absolute atomic E-state index is 0. The van der Waals surface area contributed by atoms with Crippen LogP contribution in [-0.2, 0) is 31.2 Å². The zero-order valence-corrected chi connectivity index (χ0v) is 26.4. The molecule has 35 heavy (non-hydrogen) atoms. The van der Waals surface area contributed by atoms with Crippen molar-refractivity contribution >= 4 is 42.2 Å². The molecular formula is C15H7Na3O14S3. The molecule has 0 fully saturated rings. The molecule has 172 valence electrons. The van der Waals surface area contributed by atoms with Crippen LogP contribution in [0.25, 0.3) is 22.3 Å². The molecule has 1 heterocycles. The normalized spacial score (nSPS) is 11.4. The molecule has 14 nitrogen and oxygen atoms in total. The van der Waals surface area contributed by atoms with E-state index >= 15 is 0 Å². The second kappa shape index (κ2) is 13.0. The quantitative estimate of drug-likeness (QED) is 0.144. The maximum atomic E-state index is 12.4. The summed E-state index contributed by atoms with van der Waals surface area (Å²) in [4.78, 5) is 12.4. The van der Waals surface area contributed by atoms with Gasteiger partial charge in [-0.1, -0.05) is 0 Å². The van der Waals surface area contributed by atoms with Gasteiger partial charge in [-0.05, 0) is 36.4 Å². The standard InChI is InChI=1S/C15H10O14S3.3Na/c16-11-7-13(8-1-3-9(4-2-8)27-30(17,18)19)26-14-10(11)5-6-12(28-31(20,21)22)15(14)29-32(23,24)25;;;/h1-7H,(H,17,18,19)(H,20,21,22)(H,23,24,25);;;/q;3*+1/p-3. The molecule has 1 aromatic heterocycles. The molecule has 0 amide bonds. The van der Waals surface area contributed by atoms with Crippen molar-refractivity contribution in [1.29, 1.82) is 0 Å². The average Bonchev–Trinajstić information content (AvgIpc) is 2.61. The van der Waals surface area contributed by atoms with Gasteiger partial charge in [0.1, 0.15) is 11.5 Å². The molecule has 2 aromatic carbocycles. The van der Waals surface area contributed by atoms with E-state index in [0.29, 0.717) is 6.07 Å². The van der Waals surface area contributed by atoms with Crippen LogP contribution < -0.4 is 107 Å². The van der Waals surface area contributed by atoms with E-state index in [9.17, 15) is 43.7 Å². The minimum Gasteiger partial charge on any atom is -0.716 e. The van der Waals surface area contributed by atoms with Crippen molar-refractivity contribution in [3.8, 4) is 28.6 Å². The van der Waals surface area contributed by atoms with Crippen molar-refractivity contribution in [2.75, 3.05) is 0 Å². The third-order valence-corrected chi connectivity index (χ3v) is 4.68. The van der Waals surface area contributed by atoms with E-state index in [2.05, 4.69) is 12.5 Å². The maximum Gasteiger partial charge on any atom is 1.00 e. The van der Waals surface area contributed by atoms with Gasteiger partial charge in [-0.25, -0.2) is 25.3 Å². The van der Waals surface area contributed by atoms with Crippen LogP contribution in [-0.4, -0.2) is 38.9 Å². The predicted molar refractivity (Wildman–Crippen MR) is 98.9 cm³/mol. The van der Waals surface area contributed by atoms with Crippen molar-refractivity contribution < 1.29 is 145 Å². The third kappa shape index (κ3) is 10.2. The monoisotopic (exact) mass is 576 g/mol. The van der Waals surface area contributed by atoms with Crippen LogP contribution in [0.5, 0.6) is 17.2 Å². The first-order valence-electron chi connectivity index (χ1n) is 7.78. The molecule has 3 aromatic rings. The SMILES string of the molecule is O=c1cc(-c2ccc(OS(=O)(=O)[O-])cc2)oc2c(OS(=O)(=O)[O-])c(OS(=O)(=O)[O-])ccc12.[Na+].[Na+].[Na+]. The van der Waals surface area contributed by atoms with E-state index < -0.39 is 53.7 Å². The van der Waals surface area contributed by atoms with Gasteiger partial charge in [-0.15, -0.1) is 0 Å². The van der Waals surface area contributed by atoms with E-state index in [1.165, 1.54) is 0 Å². The van der Waals surface area contributed by atoms with Gasteiger partial charge >= 0.3 is 88.7 Å². The Kier molecular flexibility index (Phi) is 12.9. The van der Waals surface area contributed by atoms with E-state index in [-0.39, 0.29) is 111 Å². The first-order valence-corrected chi connectivity index (χ1v) is 11.8. The molecular weight excluding hydrogens is 569 g/mol. The Hall–Kier alpha value is -0.220. The predicted octanol–water partition coefficient (Wildman–Crippen LogP) is -9.01. The largest absolute Gasteiger partial charge is 1.00 e. The summed E-state index contributed by atoms with van der Waals surface area (Å²) < 4.78 is 116. The minimum atomic E-state index is -5.55. The van der Waals surface area contributed by atoms with Gasteiger partial charge in [0.25, 0.3) is 31.2 Å². The Morgan fingerprint density at radius 2 is 1.20 bits per heavy atom. The number of fused-ring (bicyclic) bond motifs is 1. The summed E-state index contributed by atoms with van der Waals surface area (Å²) in [6.07, 6.45) is 0. The fraction of sp³-hybridized carbons (Fsp3) is 0. The number of hydrogen-bond acceptors (Lipinski definition) is 14. The molecule has 0 saturated carbocycles. The summed E-state index contributed by atoms with van der Waals surface area (Å²) in [7, 11) is -16.1. The van der Waals surface area contributed by atoms with Gasteiger partial charge in [0, 0.05) is 11.6 Å². The van der Waals surface area contributed by atoms with Crippen LogP contribution in [0.2, 0.25) is 0 Å². The molecule has 0 N–H and O–H groups in total. The summed E-state index contributed by atoms with van der Waals surface area (Å²) in [5, 5.41) is -0.375. The molecule has 0 unspecified atom stereocenters. The first kappa shape index (κ1) is 34.8. The molecule has 0 saturated heterocycles. The van der Waals surface area contributed by atoms with Crippen molar-refractivity contribution in [3.63, 3.8) is 0 Å². The van der Waals surface area contributed by atoms with Crippen LogP contribution >= 0.6 is 0 Å². The maximum absolute atomic E-state index is 12.4. The second-order valence-corrected chi connectivity index (χ2v) is 8.69. The Balaban J connectivity index is 0.00000385. The summed E-state index contributed by atoms with van der Waals surface area (Å²) in [5.41, 5.74) is -1.50. The number of rotatable bonds is 7. The molecule has 3 rings (SSSR count). The van der Waals surface area contributed by atoms with Crippen LogP contribution in [0.3, 0.4) is 0 Å². The van der Waals surface area contributed by atoms with Gasteiger partial charge in [-0.3, -0.25) is 4.79 Å². The molecule has 0 aliphatic rings. The molecule has 0 bridgehead atoms. The van der Waals surface area contributed by atoms with Crippen LogP contribution in [0.1, 0.15) is 0 Å². The van der Waals surface area contributed by atoms with Crippen molar-refractivity contribution in [2.45, 2.75) is 0 Å². The van der Waals surface area contributed by atoms with Gasteiger partial charge < -0.3 is 30.6 Å². The molecule has 0 aliphatic carbocycles. The van der Waals surface area contributed by atoms with Crippen LogP contribution in [0.4, 0.5) is 0 Å². The van der Waals surface area contributed by atoms with Crippen LogP contribution in [0.15, 0.2) is 51.7 Å². The smallest absolute Gasteiger partial charge is 0.716 e. The average molecular weight is 576 g/mol. The fourth-order valence-electron chi connectivity index (χ4n) is 2.47. The molecule has 0 atom stereocenters. The van der Waals surface area contributed by atoms with Crippen molar-refractivity contribution in [3.05, 3.63) is 52.7 Å². The number of hydrogen-bond donors (Lipinski definition) is 0. The van der Waals surface area contributed by atoms with Crippen LogP contribution in [0, 0.1) is 0 Å². The summed E-state index contributed by atoms with van der Waals surface area (Å²) in [6.45, 7) is 0. The van der Waals surface area contributed by atoms with E-state index in [1.54, 1.807) is 0 Å². The molecule has 0 spiro atoms. The van der Waals surface area contributed by atoms with Crippen molar-refractivity contribution in [2.24, 2.45) is 0 Å². The number of benzene rings is 2. The van der Waals surface area contributed by atoms with E-state index in [4.69, 9.17) is 4.42 Å². The first-order chi connectivity index (χ1) is 14.6. The molecule has 0 radical (unpaired) electrons. The fourth-order valence-corrected chi connectivity index (χ4v) is 3.53. The second-order valence-electron chi connectivity index (χ2n) is 5.74. The summed E-state index contributed by atoms with van der Waals surface area (Å²) >= 11 is 0. The Bertz CT molecular complexity index is 1580. The van der Waals surface area contributed by atoms with Gasteiger partial charge in [0.05, 0.1) is 5.39 Å². The van der Waals surface area contributed by atoms with E-state index in [0.717, 1.165) is 36.4 Å². The summed E-state index contributed by atoms with van der Waals surface area (Å²) in [6, 6.07) is 6.89. The zero-order chi connectivity index (χ0) is 23.9. The molecule has 0 aliphatic heterocycles. The van der Waals surface area contributed by atoms with E-state index in [1.807, 2.05) is 0 Å². The zero-order valence-electron chi connectivity index (χ0n) is 18.0. The van der Waals surface area contributed by atoms with Gasteiger partial charge in [-0.2, -0.15) is 0 Å². The van der Waals surface area contributed by atoms with Gasteiger partial charge in [0.2, 0.25) is 5.75 Å². The van der Waals surface area contributed by atoms with Crippen molar-refractivity contribution in [1.82, 2.24) is 0 Å². The Morgan fingerprint density at radius 3 is 1.69 bits per heavy atom. The van der Waals surface area contributed by atoms with Gasteiger partial charge in [0.15, 0.2) is 16.8 Å². The topological polar surface area (TPSA) is 229 Å². The summed E-state index contributed by atoms with van der Waals surface area (Å²) in [5.74, 6) is -2.89. The Labute approximate surface area is 264 Å². The Morgan fingerprint density at radius 1 is 0.686 bits per heavy atom. The third-order valence-electron chi connectivity index (χ3n) is 3.53.